The van der Waals surface area contributed by atoms with E-state index < -0.39 is 0 Å². The van der Waals surface area contributed by atoms with Gasteiger partial charge in [0.25, 0.3) is 0 Å². The summed E-state index contributed by atoms with van der Waals surface area (Å²) < 4.78 is 0. The van der Waals surface area contributed by atoms with Crippen molar-refractivity contribution in [2.45, 2.75) is 46.0 Å². The summed E-state index contributed by atoms with van der Waals surface area (Å²) in [7, 11) is 0. The molecule has 54 valence electrons. The predicted octanol–water partition coefficient (Wildman–Crippen LogP) is 2.55. The van der Waals surface area contributed by atoms with Crippen LogP contribution in [0.15, 0.2) is 0 Å². The van der Waals surface area contributed by atoms with E-state index in [2.05, 4.69) is 6.92 Å². The quantitative estimate of drug-likeness (QED) is 0.520. The van der Waals surface area contributed by atoms with Crippen LogP contribution in [-0.2, 0) is 4.79 Å². The summed E-state index contributed by atoms with van der Waals surface area (Å²) >= 11 is 0. The van der Waals surface area contributed by atoms with Crippen LogP contribution in [0, 0.1) is 0 Å². The van der Waals surface area contributed by atoms with Gasteiger partial charge in [-0.3, -0.25) is 4.79 Å². The molecule has 0 heterocycles. The lowest BCUT2D eigenvalue weighted by atomic mass is 10.1. The van der Waals surface area contributed by atoms with Crippen LogP contribution in [-0.4, -0.2) is 5.78 Å². The molecule has 0 aliphatic heterocycles. The van der Waals surface area contributed by atoms with Crippen LogP contribution < -0.4 is 0 Å². The number of ketones is 1. The molecule has 0 fully saturated rings. The minimum atomic E-state index is 0.406. The molecule has 0 N–H and O–H groups in total. The first kappa shape index (κ1) is 8.67. The Morgan fingerprint density at radius 3 is 2.33 bits per heavy atom. The van der Waals surface area contributed by atoms with Crippen molar-refractivity contribution in [3.05, 3.63) is 0 Å². The molecule has 0 aliphatic rings. The topological polar surface area (TPSA) is 17.1 Å². The number of rotatable bonds is 5. The summed E-state index contributed by atoms with van der Waals surface area (Å²) in [6.45, 7) is 4.07. The molecule has 0 saturated carbocycles. The maximum atomic E-state index is 10.7. The average molecular weight is 128 g/mol. The van der Waals surface area contributed by atoms with Gasteiger partial charge in [-0.2, -0.15) is 0 Å². The molecule has 0 rings (SSSR count). The zero-order valence-corrected chi connectivity index (χ0v) is 6.44. The van der Waals surface area contributed by atoms with Crippen molar-refractivity contribution in [1.82, 2.24) is 0 Å². The largest absolute Gasteiger partial charge is 0.300 e. The molecule has 0 spiro atoms. The van der Waals surface area contributed by atoms with Crippen LogP contribution in [0.5, 0.6) is 0 Å². The van der Waals surface area contributed by atoms with E-state index in [1.165, 1.54) is 12.8 Å². The van der Waals surface area contributed by atoms with Crippen molar-refractivity contribution in [2.75, 3.05) is 0 Å². The summed E-state index contributed by atoms with van der Waals surface area (Å²) in [6, 6.07) is 0. The normalized spacial score (nSPS) is 9.56. The zero-order chi connectivity index (χ0) is 7.11. The molecule has 0 aromatic heterocycles. The van der Waals surface area contributed by atoms with E-state index in [4.69, 9.17) is 0 Å². The van der Waals surface area contributed by atoms with Gasteiger partial charge in [0.1, 0.15) is 5.78 Å². The van der Waals surface area contributed by atoms with Gasteiger partial charge in [-0.1, -0.05) is 26.7 Å². The van der Waals surface area contributed by atoms with Crippen molar-refractivity contribution >= 4 is 5.78 Å². The Kier molecular flexibility index (Phi) is 5.59. The third-order valence-corrected chi connectivity index (χ3v) is 1.45. The second kappa shape index (κ2) is 5.80. The Bertz CT molecular complexity index is 76.6. The van der Waals surface area contributed by atoms with Crippen molar-refractivity contribution in [3.8, 4) is 0 Å². The summed E-state index contributed by atoms with van der Waals surface area (Å²) in [4.78, 5) is 10.7. The van der Waals surface area contributed by atoms with Gasteiger partial charge in [-0.25, -0.2) is 0 Å². The predicted molar refractivity (Wildman–Crippen MR) is 39.4 cm³/mol. The van der Waals surface area contributed by atoms with Crippen molar-refractivity contribution in [1.29, 1.82) is 0 Å². The van der Waals surface area contributed by atoms with Crippen LogP contribution in [0.1, 0.15) is 46.0 Å². The maximum Gasteiger partial charge on any atom is 0.132 e. The highest BCUT2D eigenvalue weighted by Gasteiger charge is 1.95. The molecule has 9 heavy (non-hydrogen) atoms. The highest BCUT2D eigenvalue weighted by Crippen LogP contribution is 2.00. The second-order valence-corrected chi connectivity index (χ2v) is 2.35. The SMILES string of the molecule is CCCCCC(=O)CC. The number of unbranched alkanes of at least 4 members (excludes halogenated alkanes) is 2. The van der Waals surface area contributed by atoms with Gasteiger partial charge < -0.3 is 0 Å². The minimum Gasteiger partial charge on any atom is -0.300 e. The van der Waals surface area contributed by atoms with Gasteiger partial charge in [-0.05, 0) is 6.42 Å². The molecule has 1 nitrogen and oxygen atoms in total. The molecule has 0 radical (unpaired) electrons. The number of hydrogen-bond donors (Lipinski definition) is 0. The molecule has 1 heteroatoms. The zero-order valence-electron chi connectivity index (χ0n) is 6.44. The van der Waals surface area contributed by atoms with Gasteiger partial charge in [0, 0.05) is 12.8 Å². The molecular weight excluding hydrogens is 112 g/mol. The fraction of sp³-hybridized carbons (Fsp3) is 0.875. The lowest BCUT2D eigenvalue weighted by Crippen LogP contribution is -1.93. The summed E-state index contributed by atoms with van der Waals surface area (Å²) in [5, 5.41) is 0. The van der Waals surface area contributed by atoms with Crippen LogP contribution in [0.3, 0.4) is 0 Å². The van der Waals surface area contributed by atoms with Crippen molar-refractivity contribution in [3.63, 3.8) is 0 Å². The maximum absolute atomic E-state index is 10.7. The molecule has 0 amide bonds. The van der Waals surface area contributed by atoms with Gasteiger partial charge in [-0.15, -0.1) is 0 Å². The van der Waals surface area contributed by atoms with E-state index in [9.17, 15) is 4.79 Å². The van der Waals surface area contributed by atoms with Crippen LogP contribution in [0.25, 0.3) is 0 Å². The first-order chi connectivity index (χ1) is 4.31. The van der Waals surface area contributed by atoms with E-state index in [1.54, 1.807) is 0 Å². The fourth-order valence-electron chi connectivity index (χ4n) is 0.749. The van der Waals surface area contributed by atoms with Gasteiger partial charge in [0.05, 0.1) is 0 Å². The Labute approximate surface area is 57.5 Å². The molecule has 0 aromatic rings. The lowest BCUT2D eigenvalue weighted by molar-refractivity contribution is -0.118. The molecule has 0 unspecified atom stereocenters. The highest BCUT2D eigenvalue weighted by molar-refractivity contribution is 5.77. The van der Waals surface area contributed by atoms with E-state index >= 15 is 0 Å². The monoisotopic (exact) mass is 128 g/mol. The molecular formula is C8H16O. The number of Topliss-reactive ketones (excluding diaryl/α,β-unsaturated/α-hetero) is 1. The van der Waals surface area contributed by atoms with Crippen LogP contribution in [0.4, 0.5) is 0 Å². The molecule has 0 aliphatic carbocycles. The van der Waals surface area contributed by atoms with Crippen LogP contribution in [0.2, 0.25) is 0 Å². The van der Waals surface area contributed by atoms with E-state index in [0.717, 1.165) is 12.8 Å². The number of carbonyl (C=O) groups is 1. The Hall–Kier alpha value is -0.330. The lowest BCUT2D eigenvalue weighted by Gasteiger charge is -1.93. The van der Waals surface area contributed by atoms with E-state index in [0.29, 0.717) is 12.2 Å². The standard InChI is InChI=1S/C8H16O/c1-3-5-6-7-8(9)4-2/h3-7H2,1-2H3. The Balaban J connectivity index is 2.97. The first-order valence-corrected chi connectivity index (χ1v) is 3.83. The van der Waals surface area contributed by atoms with Crippen LogP contribution >= 0.6 is 0 Å². The Morgan fingerprint density at radius 2 is 1.89 bits per heavy atom. The summed E-state index contributed by atoms with van der Waals surface area (Å²) in [5.74, 6) is 0.406. The minimum absolute atomic E-state index is 0.406. The smallest absolute Gasteiger partial charge is 0.132 e. The average Bonchev–Trinajstić information content (AvgIpc) is 1.89. The summed E-state index contributed by atoms with van der Waals surface area (Å²) in [6.07, 6.45) is 5.00. The summed E-state index contributed by atoms with van der Waals surface area (Å²) in [5.41, 5.74) is 0. The van der Waals surface area contributed by atoms with E-state index in [1.807, 2.05) is 6.92 Å². The van der Waals surface area contributed by atoms with Gasteiger partial charge in [0.15, 0.2) is 0 Å². The highest BCUT2D eigenvalue weighted by atomic mass is 16.1. The first-order valence-electron chi connectivity index (χ1n) is 3.83. The molecule has 0 saturated heterocycles. The third-order valence-electron chi connectivity index (χ3n) is 1.45. The third kappa shape index (κ3) is 5.54. The van der Waals surface area contributed by atoms with Gasteiger partial charge in [0.2, 0.25) is 0 Å². The molecule has 0 bridgehead atoms. The van der Waals surface area contributed by atoms with Crippen molar-refractivity contribution < 1.29 is 4.79 Å². The second-order valence-electron chi connectivity index (χ2n) is 2.35. The number of carbonyl (C=O) groups excluding carboxylic acids is 1. The fourth-order valence-corrected chi connectivity index (χ4v) is 0.749. The van der Waals surface area contributed by atoms with Crippen molar-refractivity contribution in [2.24, 2.45) is 0 Å². The van der Waals surface area contributed by atoms with E-state index in [-0.39, 0.29) is 0 Å². The molecule has 0 atom stereocenters. The Morgan fingerprint density at radius 1 is 1.22 bits per heavy atom. The van der Waals surface area contributed by atoms with Gasteiger partial charge >= 0.3 is 0 Å². The molecule has 0 aromatic carbocycles. The number of hydrogen-bond acceptors (Lipinski definition) is 1.